The Hall–Kier alpha value is -1.39. The molecule has 3 heterocycles. The minimum atomic E-state index is 0.191. The van der Waals surface area contributed by atoms with Crippen LogP contribution in [0, 0.1) is 11.8 Å². The van der Waals surface area contributed by atoms with Crippen LogP contribution in [-0.2, 0) is 9.53 Å². The zero-order valence-corrected chi connectivity index (χ0v) is 11.6. The predicted octanol–water partition coefficient (Wildman–Crippen LogP) is 1.37. The normalized spacial score (nSPS) is 33.9. The lowest BCUT2D eigenvalue weighted by atomic mass is 10.0. The first-order chi connectivity index (χ1) is 9.83. The standard InChI is InChI=1S/C16H20N2O2/c19-16-15-10-17(14-6-7-20-11-14)8-12(15)9-18(16)13-4-2-1-3-5-13/h1-5,12,14-15H,6-11H2/t12-,14?,15-/m1/s1. The molecule has 0 spiro atoms. The van der Waals surface area contributed by atoms with Crippen LogP contribution >= 0.6 is 0 Å². The molecule has 3 saturated heterocycles. The molecule has 0 saturated carbocycles. The number of anilines is 1. The van der Waals surface area contributed by atoms with Crippen LogP contribution < -0.4 is 4.90 Å². The van der Waals surface area contributed by atoms with Gasteiger partial charge in [0.15, 0.2) is 0 Å². The molecule has 3 atom stereocenters. The van der Waals surface area contributed by atoms with Gasteiger partial charge in [0.2, 0.25) is 5.91 Å². The molecule has 0 N–H and O–H groups in total. The van der Waals surface area contributed by atoms with Gasteiger partial charge >= 0.3 is 0 Å². The molecule has 3 fully saturated rings. The highest BCUT2D eigenvalue weighted by Gasteiger charge is 2.48. The highest BCUT2D eigenvalue weighted by atomic mass is 16.5. The Morgan fingerprint density at radius 1 is 1.10 bits per heavy atom. The number of para-hydroxylation sites is 1. The van der Waals surface area contributed by atoms with Crippen molar-refractivity contribution in [3.05, 3.63) is 30.3 Å². The number of carbonyl (C=O) groups excluding carboxylic acids is 1. The topological polar surface area (TPSA) is 32.8 Å². The molecule has 4 nitrogen and oxygen atoms in total. The van der Waals surface area contributed by atoms with Gasteiger partial charge in [-0.15, -0.1) is 0 Å². The van der Waals surface area contributed by atoms with E-state index in [-0.39, 0.29) is 5.92 Å². The quantitative estimate of drug-likeness (QED) is 0.815. The molecule has 0 aromatic heterocycles. The molecular formula is C16H20N2O2. The van der Waals surface area contributed by atoms with Crippen LogP contribution in [0.3, 0.4) is 0 Å². The van der Waals surface area contributed by atoms with Crippen LogP contribution in [0.2, 0.25) is 0 Å². The number of likely N-dealkylation sites (tertiary alicyclic amines) is 1. The van der Waals surface area contributed by atoms with Crippen LogP contribution in [0.5, 0.6) is 0 Å². The molecule has 1 aromatic carbocycles. The third-order valence-electron chi connectivity index (χ3n) is 4.96. The van der Waals surface area contributed by atoms with Gasteiger partial charge in [-0.2, -0.15) is 0 Å². The van der Waals surface area contributed by atoms with Gasteiger partial charge in [0.05, 0.1) is 12.5 Å². The zero-order valence-electron chi connectivity index (χ0n) is 11.6. The molecule has 106 valence electrons. The average molecular weight is 272 g/mol. The lowest BCUT2D eigenvalue weighted by molar-refractivity contribution is -0.120. The van der Waals surface area contributed by atoms with Crippen molar-refractivity contribution in [1.29, 1.82) is 0 Å². The van der Waals surface area contributed by atoms with E-state index in [1.54, 1.807) is 0 Å². The molecule has 0 radical (unpaired) electrons. The fourth-order valence-electron chi connectivity index (χ4n) is 3.84. The average Bonchev–Trinajstić information content (AvgIpc) is 3.17. The summed E-state index contributed by atoms with van der Waals surface area (Å²) < 4.78 is 5.47. The summed E-state index contributed by atoms with van der Waals surface area (Å²) in [6.45, 7) is 4.56. The number of ether oxygens (including phenoxy) is 1. The lowest BCUT2D eigenvalue weighted by Crippen LogP contribution is -2.38. The Labute approximate surface area is 119 Å². The van der Waals surface area contributed by atoms with Crippen molar-refractivity contribution in [2.45, 2.75) is 12.5 Å². The van der Waals surface area contributed by atoms with E-state index in [1.165, 1.54) is 0 Å². The number of fused-ring (bicyclic) bond motifs is 1. The van der Waals surface area contributed by atoms with E-state index in [1.807, 2.05) is 35.2 Å². The molecule has 1 aromatic rings. The monoisotopic (exact) mass is 272 g/mol. The lowest BCUT2D eigenvalue weighted by Gasteiger charge is -2.25. The van der Waals surface area contributed by atoms with Crippen molar-refractivity contribution < 1.29 is 9.53 Å². The number of amides is 1. The molecule has 4 rings (SSSR count). The molecule has 4 heteroatoms. The molecule has 1 unspecified atom stereocenters. The second-order valence-corrected chi connectivity index (χ2v) is 6.12. The van der Waals surface area contributed by atoms with E-state index in [0.29, 0.717) is 17.9 Å². The molecule has 3 aliphatic heterocycles. The van der Waals surface area contributed by atoms with Crippen molar-refractivity contribution >= 4 is 11.6 Å². The van der Waals surface area contributed by atoms with Crippen molar-refractivity contribution in [3.63, 3.8) is 0 Å². The van der Waals surface area contributed by atoms with Crippen molar-refractivity contribution in [1.82, 2.24) is 4.90 Å². The molecule has 1 amide bonds. The Bertz CT molecular complexity index is 498. The number of nitrogens with zero attached hydrogens (tertiary/aromatic N) is 2. The van der Waals surface area contributed by atoms with Gasteiger partial charge in [0.25, 0.3) is 0 Å². The maximum absolute atomic E-state index is 12.6. The van der Waals surface area contributed by atoms with Crippen molar-refractivity contribution in [2.24, 2.45) is 11.8 Å². The van der Waals surface area contributed by atoms with Crippen molar-refractivity contribution in [2.75, 3.05) is 37.7 Å². The van der Waals surface area contributed by atoms with Gasteiger partial charge in [-0.1, -0.05) is 18.2 Å². The Balaban J connectivity index is 1.48. The van der Waals surface area contributed by atoms with Crippen LogP contribution in [0.25, 0.3) is 0 Å². The third-order valence-corrected chi connectivity index (χ3v) is 4.96. The number of rotatable bonds is 2. The first-order valence-corrected chi connectivity index (χ1v) is 7.51. The number of hydrogen-bond donors (Lipinski definition) is 0. The van der Waals surface area contributed by atoms with Crippen LogP contribution in [0.4, 0.5) is 5.69 Å². The van der Waals surface area contributed by atoms with Crippen LogP contribution in [-0.4, -0.2) is 49.7 Å². The summed E-state index contributed by atoms with van der Waals surface area (Å²) in [5.41, 5.74) is 1.04. The van der Waals surface area contributed by atoms with E-state index in [4.69, 9.17) is 4.74 Å². The number of benzene rings is 1. The van der Waals surface area contributed by atoms with E-state index in [0.717, 1.165) is 45.0 Å². The summed E-state index contributed by atoms with van der Waals surface area (Å²) in [5, 5.41) is 0. The summed E-state index contributed by atoms with van der Waals surface area (Å²) in [4.78, 5) is 17.1. The molecule has 0 bridgehead atoms. The highest BCUT2D eigenvalue weighted by molar-refractivity contribution is 5.98. The van der Waals surface area contributed by atoms with Gasteiger partial charge in [-0.25, -0.2) is 0 Å². The maximum atomic E-state index is 12.6. The van der Waals surface area contributed by atoms with Gasteiger partial charge < -0.3 is 9.64 Å². The summed E-state index contributed by atoms with van der Waals surface area (Å²) in [5.74, 6) is 0.988. The summed E-state index contributed by atoms with van der Waals surface area (Å²) in [6.07, 6.45) is 1.12. The van der Waals surface area contributed by atoms with E-state index >= 15 is 0 Å². The summed E-state index contributed by atoms with van der Waals surface area (Å²) >= 11 is 0. The highest BCUT2D eigenvalue weighted by Crippen LogP contribution is 2.36. The summed E-state index contributed by atoms with van der Waals surface area (Å²) in [7, 11) is 0. The fraction of sp³-hybridized carbons (Fsp3) is 0.562. The Morgan fingerprint density at radius 2 is 1.95 bits per heavy atom. The first-order valence-electron chi connectivity index (χ1n) is 7.51. The summed E-state index contributed by atoms with van der Waals surface area (Å²) in [6, 6.07) is 10.6. The molecular weight excluding hydrogens is 252 g/mol. The second-order valence-electron chi connectivity index (χ2n) is 6.12. The number of carbonyl (C=O) groups is 1. The Kier molecular flexibility index (Phi) is 3.00. The van der Waals surface area contributed by atoms with Gasteiger partial charge in [-0.05, 0) is 18.6 Å². The zero-order chi connectivity index (χ0) is 13.5. The predicted molar refractivity (Wildman–Crippen MR) is 76.6 cm³/mol. The van der Waals surface area contributed by atoms with Crippen LogP contribution in [0.1, 0.15) is 6.42 Å². The van der Waals surface area contributed by atoms with Gasteiger partial charge in [0.1, 0.15) is 0 Å². The molecule has 0 aliphatic carbocycles. The van der Waals surface area contributed by atoms with E-state index in [2.05, 4.69) is 4.90 Å². The van der Waals surface area contributed by atoms with Crippen molar-refractivity contribution in [3.8, 4) is 0 Å². The minimum absolute atomic E-state index is 0.191. The Morgan fingerprint density at radius 3 is 2.65 bits per heavy atom. The molecule has 20 heavy (non-hydrogen) atoms. The molecule has 3 aliphatic rings. The second kappa shape index (κ2) is 4.86. The van der Waals surface area contributed by atoms with E-state index < -0.39 is 0 Å². The first kappa shape index (κ1) is 12.4. The number of hydrogen-bond acceptors (Lipinski definition) is 3. The SMILES string of the molecule is O=C1[C@@H]2CN(C3CCOC3)C[C@@H]2CN1c1ccccc1. The maximum Gasteiger partial charge on any atom is 0.231 e. The fourth-order valence-corrected chi connectivity index (χ4v) is 3.84. The van der Waals surface area contributed by atoms with Crippen LogP contribution in [0.15, 0.2) is 30.3 Å². The third kappa shape index (κ3) is 1.95. The van der Waals surface area contributed by atoms with Gasteiger partial charge in [-0.3, -0.25) is 9.69 Å². The van der Waals surface area contributed by atoms with Gasteiger partial charge in [0, 0.05) is 43.9 Å². The largest absolute Gasteiger partial charge is 0.380 e. The minimum Gasteiger partial charge on any atom is -0.380 e. The van der Waals surface area contributed by atoms with E-state index in [9.17, 15) is 4.79 Å². The smallest absolute Gasteiger partial charge is 0.231 e.